The van der Waals surface area contributed by atoms with Gasteiger partial charge in [0, 0.05) is 19.3 Å². The molecule has 0 aromatic carbocycles. The number of hydrogen-bond acceptors (Lipinski definition) is 6. The third kappa shape index (κ3) is 55.1. The van der Waals surface area contributed by atoms with Crippen molar-refractivity contribution in [3.63, 3.8) is 0 Å². The first-order valence-corrected chi connectivity index (χ1v) is 28.7. The van der Waals surface area contributed by atoms with Crippen molar-refractivity contribution in [1.29, 1.82) is 0 Å². The van der Waals surface area contributed by atoms with Crippen LogP contribution in [0.15, 0.2) is 97.2 Å². The van der Waals surface area contributed by atoms with Crippen LogP contribution in [0.3, 0.4) is 0 Å². The molecule has 6 heteroatoms. The van der Waals surface area contributed by atoms with Crippen molar-refractivity contribution in [1.82, 2.24) is 0 Å². The van der Waals surface area contributed by atoms with E-state index in [1.165, 1.54) is 83.5 Å². The van der Waals surface area contributed by atoms with Crippen LogP contribution in [0.25, 0.3) is 0 Å². The summed E-state index contributed by atoms with van der Waals surface area (Å²) < 4.78 is 16.8. The third-order valence-electron chi connectivity index (χ3n) is 12.0. The fraction of sp³-hybridized carbons (Fsp3) is 0.698. The molecule has 0 N–H and O–H groups in total. The predicted molar refractivity (Wildman–Crippen MR) is 297 cm³/mol. The smallest absolute Gasteiger partial charge is 0.306 e. The third-order valence-corrected chi connectivity index (χ3v) is 12.0. The van der Waals surface area contributed by atoms with Crippen LogP contribution in [0.4, 0.5) is 0 Å². The summed E-state index contributed by atoms with van der Waals surface area (Å²) in [6, 6.07) is 0. The molecule has 0 aliphatic rings. The number of allylic oxidation sites excluding steroid dienone is 16. The van der Waals surface area contributed by atoms with Crippen molar-refractivity contribution in [3.8, 4) is 0 Å². The number of unbranched alkanes of at least 4 members (excludes halogenated alkanes) is 24. The minimum atomic E-state index is -0.793. The zero-order valence-electron chi connectivity index (χ0n) is 45.0. The van der Waals surface area contributed by atoms with Crippen LogP contribution in [0, 0.1) is 0 Å². The Kier molecular flexibility index (Phi) is 53.9. The quantitative estimate of drug-likeness (QED) is 0.0262. The van der Waals surface area contributed by atoms with Crippen molar-refractivity contribution < 1.29 is 28.6 Å². The van der Waals surface area contributed by atoms with Crippen LogP contribution in [0.5, 0.6) is 0 Å². The van der Waals surface area contributed by atoms with Crippen LogP contribution in [-0.4, -0.2) is 37.2 Å². The molecule has 0 saturated heterocycles. The molecular formula is C63H106O6. The normalized spacial score (nSPS) is 12.8. The molecule has 0 spiro atoms. The Morgan fingerprint density at radius 3 is 0.957 bits per heavy atom. The van der Waals surface area contributed by atoms with E-state index < -0.39 is 6.10 Å². The topological polar surface area (TPSA) is 78.9 Å². The lowest BCUT2D eigenvalue weighted by Gasteiger charge is -2.18. The van der Waals surface area contributed by atoms with E-state index >= 15 is 0 Å². The summed E-state index contributed by atoms with van der Waals surface area (Å²) in [5.41, 5.74) is 0. The zero-order valence-corrected chi connectivity index (χ0v) is 45.0. The lowest BCUT2D eigenvalue weighted by Crippen LogP contribution is -2.30. The van der Waals surface area contributed by atoms with E-state index in [0.29, 0.717) is 19.3 Å². The Morgan fingerprint density at radius 2 is 0.594 bits per heavy atom. The second kappa shape index (κ2) is 56.9. The van der Waals surface area contributed by atoms with Gasteiger partial charge in [0.25, 0.3) is 0 Å². The van der Waals surface area contributed by atoms with Gasteiger partial charge in [0.2, 0.25) is 0 Å². The summed E-state index contributed by atoms with van der Waals surface area (Å²) >= 11 is 0. The van der Waals surface area contributed by atoms with Gasteiger partial charge in [-0.25, -0.2) is 0 Å². The molecule has 0 fully saturated rings. The molecule has 1 unspecified atom stereocenters. The van der Waals surface area contributed by atoms with Crippen LogP contribution in [0.2, 0.25) is 0 Å². The van der Waals surface area contributed by atoms with E-state index in [1.807, 2.05) is 0 Å². The lowest BCUT2D eigenvalue weighted by atomic mass is 10.1. The second-order valence-electron chi connectivity index (χ2n) is 18.8. The SMILES string of the molecule is CC/C=C\C/C=C\C/C=C\C/C=C\C/C=C\CCCCCCCCCC(=O)OCC(COC(=O)CCCCCCC/C=C\C/C=C\CCC)OC(=O)CCCCCCC/C=C\CCCCCCCC. The first-order chi connectivity index (χ1) is 34.0. The molecule has 0 aromatic heterocycles. The van der Waals surface area contributed by atoms with Crippen LogP contribution in [-0.2, 0) is 28.6 Å². The number of rotatable bonds is 51. The monoisotopic (exact) mass is 959 g/mol. The number of carbonyl (C=O) groups is 3. The van der Waals surface area contributed by atoms with Crippen molar-refractivity contribution >= 4 is 17.9 Å². The van der Waals surface area contributed by atoms with Crippen LogP contribution < -0.4 is 0 Å². The van der Waals surface area contributed by atoms with Crippen molar-refractivity contribution in [2.75, 3.05) is 13.2 Å². The average molecular weight is 960 g/mol. The zero-order chi connectivity index (χ0) is 50.0. The Bertz CT molecular complexity index is 1380. The minimum Gasteiger partial charge on any atom is -0.462 e. The second-order valence-corrected chi connectivity index (χ2v) is 18.8. The summed E-state index contributed by atoms with van der Waals surface area (Å²) in [5.74, 6) is -0.922. The molecule has 0 amide bonds. The molecule has 0 saturated carbocycles. The molecular weight excluding hydrogens is 853 g/mol. The molecule has 0 bridgehead atoms. The van der Waals surface area contributed by atoms with Crippen molar-refractivity contribution in [2.24, 2.45) is 0 Å². The van der Waals surface area contributed by atoms with E-state index in [2.05, 4.69) is 118 Å². The summed E-state index contributed by atoms with van der Waals surface area (Å²) in [5, 5.41) is 0. The highest BCUT2D eigenvalue weighted by Gasteiger charge is 2.19. The molecule has 394 valence electrons. The van der Waals surface area contributed by atoms with Crippen molar-refractivity contribution in [2.45, 2.75) is 271 Å². The molecule has 0 radical (unpaired) electrons. The number of carbonyl (C=O) groups excluding carboxylic acids is 3. The predicted octanol–water partition coefficient (Wildman–Crippen LogP) is 19.3. The van der Waals surface area contributed by atoms with Crippen molar-refractivity contribution in [3.05, 3.63) is 97.2 Å². The van der Waals surface area contributed by atoms with E-state index in [0.717, 1.165) is 141 Å². The standard InChI is InChI=1S/C63H106O6/c1-4-7-10-13-16-19-22-25-27-28-29-30-31-32-33-34-36-38-41-44-47-50-53-56-62(65)68-59-60(58-67-61(64)55-52-49-46-43-40-37-24-21-18-15-12-9-6-3)69-63(66)57-54-51-48-45-42-39-35-26-23-20-17-14-11-8-5-2/h7,10,12,15-16,19,21,24-27,29-30,32-33,35,60H,4-6,8-9,11,13-14,17-18,20,22-23,28,31,34,36-59H2,1-3H3/b10-7-,15-12-,19-16-,24-21-,27-25-,30-29-,33-32-,35-26-. The van der Waals surface area contributed by atoms with Gasteiger partial charge < -0.3 is 14.2 Å². The van der Waals surface area contributed by atoms with Gasteiger partial charge >= 0.3 is 17.9 Å². The number of ether oxygens (including phenoxy) is 3. The van der Waals surface area contributed by atoms with Gasteiger partial charge in [-0.15, -0.1) is 0 Å². The molecule has 1 atom stereocenters. The largest absolute Gasteiger partial charge is 0.462 e. The fourth-order valence-electron chi connectivity index (χ4n) is 7.74. The highest BCUT2D eigenvalue weighted by molar-refractivity contribution is 5.71. The van der Waals surface area contributed by atoms with Crippen LogP contribution in [0.1, 0.15) is 265 Å². The highest BCUT2D eigenvalue weighted by Crippen LogP contribution is 2.14. The summed E-state index contributed by atoms with van der Waals surface area (Å²) in [6.07, 6.45) is 75.4. The Labute approximate surface area is 426 Å². The number of hydrogen-bond donors (Lipinski definition) is 0. The molecule has 0 aliphatic heterocycles. The Morgan fingerprint density at radius 1 is 0.304 bits per heavy atom. The summed E-state index contributed by atoms with van der Waals surface area (Å²) in [7, 11) is 0. The maximum absolute atomic E-state index is 12.8. The van der Waals surface area contributed by atoms with E-state index in [-0.39, 0.29) is 31.1 Å². The van der Waals surface area contributed by atoms with Gasteiger partial charge in [-0.1, -0.05) is 227 Å². The molecule has 0 aromatic rings. The van der Waals surface area contributed by atoms with Crippen LogP contribution >= 0.6 is 0 Å². The average Bonchev–Trinajstić information content (AvgIpc) is 3.35. The Balaban J connectivity index is 4.39. The summed E-state index contributed by atoms with van der Waals surface area (Å²) in [4.78, 5) is 38.1. The van der Waals surface area contributed by atoms with E-state index in [9.17, 15) is 14.4 Å². The van der Waals surface area contributed by atoms with Gasteiger partial charge in [0.05, 0.1) is 0 Å². The van der Waals surface area contributed by atoms with E-state index in [1.54, 1.807) is 0 Å². The first kappa shape index (κ1) is 65.3. The van der Waals surface area contributed by atoms with Gasteiger partial charge in [0.1, 0.15) is 13.2 Å². The molecule has 0 heterocycles. The fourth-order valence-corrected chi connectivity index (χ4v) is 7.74. The first-order valence-electron chi connectivity index (χ1n) is 28.7. The highest BCUT2D eigenvalue weighted by atomic mass is 16.6. The molecule has 0 rings (SSSR count). The molecule has 69 heavy (non-hydrogen) atoms. The number of esters is 3. The van der Waals surface area contributed by atoms with E-state index in [4.69, 9.17) is 14.2 Å². The van der Waals surface area contributed by atoms with Gasteiger partial charge in [-0.3, -0.25) is 14.4 Å². The van der Waals surface area contributed by atoms with Gasteiger partial charge in [-0.2, -0.15) is 0 Å². The minimum absolute atomic E-state index is 0.0917. The maximum Gasteiger partial charge on any atom is 0.306 e. The lowest BCUT2D eigenvalue weighted by molar-refractivity contribution is -0.167. The van der Waals surface area contributed by atoms with Gasteiger partial charge in [0.15, 0.2) is 6.10 Å². The summed E-state index contributed by atoms with van der Waals surface area (Å²) in [6.45, 7) is 6.43. The van der Waals surface area contributed by atoms with Gasteiger partial charge in [-0.05, 0) is 116 Å². The Hall–Kier alpha value is -3.67. The maximum atomic E-state index is 12.8. The molecule has 6 nitrogen and oxygen atoms in total. The molecule has 0 aliphatic carbocycles.